The summed E-state index contributed by atoms with van der Waals surface area (Å²) < 4.78 is 8.54. The quantitative estimate of drug-likeness (QED) is 0.594. The van der Waals surface area contributed by atoms with Crippen LogP contribution < -0.4 is 11.0 Å². The molecule has 0 aliphatic rings. The molecule has 4 aromatic rings. The molecule has 0 aliphatic heterocycles. The maximum Gasteiger partial charge on any atom is 0.329 e. The Morgan fingerprint density at radius 1 is 1.00 bits per heavy atom. The van der Waals surface area contributed by atoms with Gasteiger partial charge in [0.05, 0.1) is 17.3 Å². The standard InChI is InChI=1S/C21H19N3O3/c1-23-16-10-5-6-11-17(16)24(21(23)26)14-19(25)22-20(18-12-7-13-27-18)15-8-3-2-4-9-15/h2-13,20H,14H2,1H3,(H,22,25). The van der Waals surface area contributed by atoms with Gasteiger partial charge >= 0.3 is 5.69 Å². The summed E-state index contributed by atoms with van der Waals surface area (Å²) in [5, 5.41) is 2.98. The van der Waals surface area contributed by atoms with E-state index in [0.717, 1.165) is 16.6 Å². The van der Waals surface area contributed by atoms with Crippen LogP contribution in [0.15, 0.2) is 82.2 Å². The van der Waals surface area contributed by atoms with Gasteiger partial charge in [-0.25, -0.2) is 4.79 Å². The van der Waals surface area contributed by atoms with E-state index >= 15 is 0 Å². The van der Waals surface area contributed by atoms with Crippen molar-refractivity contribution in [3.8, 4) is 0 Å². The van der Waals surface area contributed by atoms with E-state index in [1.807, 2.05) is 60.7 Å². The summed E-state index contributed by atoms with van der Waals surface area (Å²) in [6, 6.07) is 20.2. The summed E-state index contributed by atoms with van der Waals surface area (Å²) in [5.41, 5.74) is 2.21. The number of nitrogens with zero attached hydrogens (tertiary/aromatic N) is 2. The monoisotopic (exact) mass is 361 g/mol. The van der Waals surface area contributed by atoms with Gasteiger partial charge in [0.25, 0.3) is 0 Å². The number of aromatic nitrogens is 2. The zero-order valence-corrected chi connectivity index (χ0v) is 14.8. The van der Waals surface area contributed by atoms with Crippen molar-refractivity contribution in [2.45, 2.75) is 12.6 Å². The lowest BCUT2D eigenvalue weighted by Crippen LogP contribution is -2.35. The fourth-order valence-electron chi connectivity index (χ4n) is 3.29. The SMILES string of the molecule is Cn1c(=O)n(CC(=O)NC(c2ccccc2)c2ccco2)c2ccccc21. The lowest BCUT2D eigenvalue weighted by Gasteiger charge is -2.17. The summed E-state index contributed by atoms with van der Waals surface area (Å²) in [6.45, 7) is -0.0652. The number of imidazole rings is 1. The number of rotatable bonds is 5. The van der Waals surface area contributed by atoms with E-state index in [1.54, 1.807) is 23.9 Å². The third-order valence-electron chi connectivity index (χ3n) is 4.62. The molecule has 0 spiro atoms. The van der Waals surface area contributed by atoms with Gasteiger partial charge in [-0.15, -0.1) is 0 Å². The van der Waals surface area contributed by atoms with Gasteiger partial charge in [0.1, 0.15) is 18.3 Å². The molecule has 2 aromatic heterocycles. The molecule has 6 heteroatoms. The molecule has 27 heavy (non-hydrogen) atoms. The van der Waals surface area contributed by atoms with E-state index in [1.165, 1.54) is 4.57 Å². The average molecular weight is 361 g/mol. The lowest BCUT2D eigenvalue weighted by atomic mass is 10.0. The minimum absolute atomic E-state index is 0.0652. The highest BCUT2D eigenvalue weighted by Gasteiger charge is 2.21. The molecule has 1 unspecified atom stereocenters. The van der Waals surface area contributed by atoms with Gasteiger partial charge in [-0.1, -0.05) is 42.5 Å². The fraction of sp³-hybridized carbons (Fsp3) is 0.143. The van der Waals surface area contributed by atoms with E-state index in [0.29, 0.717) is 5.76 Å². The van der Waals surface area contributed by atoms with Crippen LogP contribution in [0.2, 0.25) is 0 Å². The predicted octanol–water partition coefficient (Wildman–Crippen LogP) is 2.84. The highest BCUT2D eigenvalue weighted by atomic mass is 16.3. The lowest BCUT2D eigenvalue weighted by molar-refractivity contribution is -0.122. The molecule has 1 amide bonds. The number of carbonyl (C=O) groups excluding carboxylic acids is 1. The Balaban J connectivity index is 1.64. The number of amides is 1. The number of furan rings is 1. The molecular weight excluding hydrogens is 342 g/mol. The van der Waals surface area contributed by atoms with E-state index < -0.39 is 6.04 Å². The molecule has 0 radical (unpaired) electrons. The van der Waals surface area contributed by atoms with Crippen LogP contribution in [0.25, 0.3) is 11.0 Å². The third kappa shape index (κ3) is 3.17. The molecule has 2 heterocycles. The Hall–Kier alpha value is -3.54. The first-order valence-corrected chi connectivity index (χ1v) is 8.67. The number of nitrogens with one attached hydrogen (secondary N) is 1. The molecule has 0 saturated carbocycles. The molecular formula is C21H19N3O3. The van der Waals surface area contributed by atoms with E-state index in [2.05, 4.69) is 5.32 Å². The molecule has 136 valence electrons. The summed E-state index contributed by atoms with van der Waals surface area (Å²) >= 11 is 0. The van der Waals surface area contributed by atoms with Gasteiger partial charge < -0.3 is 9.73 Å². The van der Waals surface area contributed by atoms with Crippen LogP contribution in [0.4, 0.5) is 0 Å². The van der Waals surface area contributed by atoms with Gasteiger partial charge in [0, 0.05) is 7.05 Å². The maximum absolute atomic E-state index is 12.8. The van der Waals surface area contributed by atoms with Crippen LogP contribution in [0.5, 0.6) is 0 Å². The van der Waals surface area contributed by atoms with E-state index in [-0.39, 0.29) is 18.1 Å². The Bertz CT molecular complexity index is 1120. The van der Waals surface area contributed by atoms with Crippen LogP contribution >= 0.6 is 0 Å². The molecule has 1 atom stereocenters. The zero-order valence-electron chi connectivity index (χ0n) is 14.8. The summed E-state index contributed by atoms with van der Waals surface area (Å²) in [7, 11) is 1.70. The summed E-state index contributed by atoms with van der Waals surface area (Å²) in [6.07, 6.45) is 1.58. The van der Waals surface area contributed by atoms with Crippen molar-refractivity contribution in [2.24, 2.45) is 7.05 Å². The number of fused-ring (bicyclic) bond motifs is 1. The van der Waals surface area contributed by atoms with E-state index in [9.17, 15) is 9.59 Å². The van der Waals surface area contributed by atoms with Crippen LogP contribution in [0.3, 0.4) is 0 Å². The summed E-state index contributed by atoms with van der Waals surface area (Å²) in [5.74, 6) is 0.374. The largest absolute Gasteiger partial charge is 0.467 e. The Kier molecular flexibility index (Phi) is 4.38. The topological polar surface area (TPSA) is 69.2 Å². The van der Waals surface area contributed by atoms with Crippen molar-refractivity contribution in [1.82, 2.24) is 14.5 Å². The van der Waals surface area contributed by atoms with Crippen molar-refractivity contribution >= 4 is 16.9 Å². The molecule has 4 rings (SSSR count). The highest BCUT2D eigenvalue weighted by molar-refractivity contribution is 5.81. The first-order chi connectivity index (χ1) is 13.1. The molecule has 0 bridgehead atoms. The molecule has 6 nitrogen and oxygen atoms in total. The minimum Gasteiger partial charge on any atom is -0.467 e. The first kappa shape index (κ1) is 16.9. The Labute approximate surface area is 155 Å². The van der Waals surface area contributed by atoms with E-state index in [4.69, 9.17) is 4.42 Å². The smallest absolute Gasteiger partial charge is 0.329 e. The molecule has 0 saturated heterocycles. The van der Waals surface area contributed by atoms with Crippen molar-refractivity contribution in [1.29, 1.82) is 0 Å². The molecule has 0 aliphatic carbocycles. The molecule has 1 N–H and O–H groups in total. The fourth-order valence-corrected chi connectivity index (χ4v) is 3.29. The number of carbonyl (C=O) groups is 1. The molecule has 0 fully saturated rings. The number of para-hydroxylation sites is 2. The van der Waals surface area contributed by atoms with Crippen molar-refractivity contribution in [3.63, 3.8) is 0 Å². The van der Waals surface area contributed by atoms with Crippen LogP contribution in [-0.2, 0) is 18.4 Å². The molecule has 2 aromatic carbocycles. The van der Waals surface area contributed by atoms with Crippen LogP contribution in [0.1, 0.15) is 17.4 Å². The van der Waals surface area contributed by atoms with Crippen molar-refractivity contribution in [3.05, 3.63) is 94.8 Å². The van der Waals surface area contributed by atoms with Crippen molar-refractivity contribution in [2.75, 3.05) is 0 Å². The number of hydrogen-bond acceptors (Lipinski definition) is 3. The Morgan fingerprint density at radius 2 is 1.70 bits per heavy atom. The predicted molar refractivity (Wildman–Crippen MR) is 102 cm³/mol. The Morgan fingerprint density at radius 3 is 2.41 bits per heavy atom. The number of aryl methyl sites for hydroxylation is 1. The van der Waals surface area contributed by atoms with Gasteiger partial charge in [-0.3, -0.25) is 13.9 Å². The second-order valence-corrected chi connectivity index (χ2v) is 6.34. The number of benzene rings is 2. The maximum atomic E-state index is 12.8. The average Bonchev–Trinajstić information content (AvgIpc) is 3.31. The number of hydrogen-bond donors (Lipinski definition) is 1. The van der Waals surface area contributed by atoms with Gasteiger partial charge in [-0.05, 0) is 29.8 Å². The second-order valence-electron chi connectivity index (χ2n) is 6.34. The van der Waals surface area contributed by atoms with Gasteiger partial charge in [-0.2, -0.15) is 0 Å². The minimum atomic E-state index is -0.417. The van der Waals surface area contributed by atoms with Crippen LogP contribution in [0, 0.1) is 0 Å². The summed E-state index contributed by atoms with van der Waals surface area (Å²) in [4.78, 5) is 25.3. The van der Waals surface area contributed by atoms with Gasteiger partial charge in [0.2, 0.25) is 5.91 Å². The second kappa shape index (κ2) is 6.99. The van der Waals surface area contributed by atoms with Crippen molar-refractivity contribution < 1.29 is 9.21 Å². The first-order valence-electron chi connectivity index (χ1n) is 8.67. The van der Waals surface area contributed by atoms with Gasteiger partial charge in [0.15, 0.2) is 0 Å². The highest BCUT2D eigenvalue weighted by Crippen LogP contribution is 2.22. The zero-order chi connectivity index (χ0) is 18.8. The normalized spacial score (nSPS) is 12.2. The van der Waals surface area contributed by atoms with Crippen LogP contribution in [-0.4, -0.2) is 15.0 Å². The third-order valence-corrected chi connectivity index (χ3v) is 4.62.